The lowest BCUT2D eigenvalue weighted by Crippen LogP contribution is -2.45. The largest absolute Gasteiger partial charge is 0.386 e. The Bertz CT molecular complexity index is 670. The summed E-state index contributed by atoms with van der Waals surface area (Å²) in [6.45, 7) is 6.70. The maximum absolute atomic E-state index is 10.5. The molecule has 1 aromatic carbocycles. The normalized spacial score (nSPS) is 12.8. The van der Waals surface area contributed by atoms with Crippen LogP contribution >= 0.6 is 0 Å². The Labute approximate surface area is 197 Å². The van der Waals surface area contributed by atoms with E-state index in [1.54, 1.807) is 12.1 Å². The van der Waals surface area contributed by atoms with Gasteiger partial charge in [-0.15, -0.1) is 0 Å². The van der Waals surface area contributed by atoms with Crippen molar-refractivity contribution >= 4 is 10.1 Å². The van der Waals surface area contributed by atoms with Gasteiger partial charge in [0.25, 0.3) is 10.1 Å². The molecule has 0 aliphatic heterocycles. The number of rotatable bonds is 16. The monoisotopic (exact) mass is 473 g/mol. The molecule has 0 saturated heterocycles. The molecule has 1 aromatic rings. The molecular formula is C25H49N2O4S+. The number of unbranched alkanes of at least 4 members (excludes halogenated alkanes) is 9. The minimum Gasteiger partial charge on any atom is -0.386 e. The van der Waals surface area contributed by atoms with Gasteiger partial charge in [-0.05, 0) is 32.0 Å². The van der Waals surface area contributed by atoms with Gasteiger partial charge in [-0.3, -0.25) is 4.55 Å². The molecule has 188 valence electrons. The number of nitrogens with zero attached hydrogens (tertiary/aromatic N) is 1. The van der Waals surface area contributed by atoms with Crippen LogP contribution in [0, 0.1) is 6.92 Å². The number of aliphatic hydroxyl groups is 1. The minimum atomic E-state index is -4.02. The number of nitrogens with one attached hydrogen (secondary N) is 1. The van der Waals surface area contributed by atoms with Gasteiger partial charge in [-0.25, -0.2) is 0 Å². The van der Waals surface area contributed by atoms with Crippen LogP contribution in [0.5, 0.6) is 0 Å². The Morgan fingerprint density at radius 2 is 1.34 bits per heavy atom. The van der Waals surface area contributed by atoms with E-state index in [0.29, 0.717) is 0 Å². The van der Waals surface area contributed by atoms with E-state index in [9.17, 15) is 13.5 Å². The molecule has 0 aliphatic rings. The predicted octanol–water partition coefficient (Wildman–Crippen LogP) is 4.81. The van der Waals surface area contributed by atoms with Crippen molar-refractivity contribution in [2.24, 2.45) is 0 Å². The molecule has 0 fully saturated rings. The molecule has 0 aliphatic carbocycles. The van der Waals surface area contributed by atoms with E-state index >= 15 is 0 Å². The average Bonchev–Trinajstić information content (AvgIpc) is 2.67. The van der Waals surface area contributed by atoms with E-state index in [1.807, 2.05) is 6.92 Å². The highest BCUT2D eigenvalue weighted by atomic mass is 32.2. The van der Waals surface area contributed by atoms with Crippen LogP contribution < -0.4 is 5.32 Å². The molecule has 0 heterocycles. The van der Waals surface area contributed by atoms with E-state index in [0.717, 1.165) is 29.7 Å². The first-order chi connectivity index (χ1) is 15.0. The fourth-order valence-electron chi connectivity index (χ4n) is 3.41. The van der Waals surface area contributed by atoms with Gasteiger partial charge in [-0.2, -0.15) is 8.42 Å². The van der Waals surface area contributed by atoms with Crippen molar-refractivity contribution in [3.8, 4) is 0 Å². The van der Waals surface area contributed by atoms with E-state index in [2.05, 4.69) is 33.4 Å². The standard InChI is InChI=1S/C18H41N2O.C7H8O3S/c1-5-6-7-8-9-10-11-12-13-14-15-19-16-18(21)17-20(2,3)4;1-6-2-4-7(5-3-6)11(8,9)10/h18-19,21H,5-17H2,1-4H3;2-5H,1H3,(H,8,9,10)/q+1;. The van der Waals surface area contributed by atoms with Crippen LogP contribution in [-0.2, 0) is 10.1 Å². The highest BCUT2D eigenvalue weighted by molar-refractivity contribution is 7.85. The summed E-state index contributed by atoms with van der Waals surface area (Å²) in [5.41, 5.74) is 0.956. The summed E-state index contributed by atoms with van der Waals surface area (Å²) in [5, 5.41) is 13.2. The Balaban J connectivity index is 0.000000726. The molecule has 0 radical (unpaired) electrons. The molecular weight excluding hydrogens is 424 g/mol. The molecule has 7 heteroatoms. The SMILES string of the molecule is CCCCCCCCCCCCNCC(O)C[N+](C)(C)C.Cc1ccc(S(=O)(=O)O)cc1. The van der Waals surface area contributed by atoms with Crippen molar-refractivity contribution in [3.05, 3.63) is 29.8 Å². The molecule has 0 amide bonds. The number of aliphatic hydroxyl groups excluding tert-OH is 1. The highest BCUT2D eigenvalue weighted by Gasteiger charge is 2.14. The van der Waals surface area contributed by atoms with Crippen molar-refractivity contribution in [2.75, 3.05) is 40.8 Å². The smallest absolute Gasteiger partial charge is 0.294 e. The van der Waals surface area contributed by atoms with Crippen LogP contribution in [0.3, 0.4) is 0 Å². The number of quaternary nitrogens is 1. The van der Waals surface area contributed by atoms with Crippen LogP contribution in [0.15, 0.2) is 29.2 Å². The quantitative estimate of drug-likeness (QED) is 0.182. The van der Waals surface area contributed by atoms with Crippen LogP contribution in [0.4, 0.5) is 0 Å². The third-order valence-corrected chi connectivity index (χ3v) is 6.03. The van der Waals surface area contributed by atoms with Gasteiger partial charge in [0, 0.05) is 6.54 Å². The van der Waals surface area contributed by atoms with Gasteiger partial charge >= 0.3 is 0 Å². The molecule has 6 nitrogen and oxygen atoms in total. The predicted molar refractivity (Wildman–Crippen MR) is 135 cm³/mol. The number of hydrogen-bond acceptors (Lipinski definition) is 4. The molecule has 1 unspecified atom stereocenters. The first-order valence-corrected chi connectivity index (χ1v) is 13.6. The molecule has 0 spiro atoms. The Kier molecular flexibility index (Phi) is 16.9. The molecule has 0 bridgehead atoms. The van der Waals surface area contributed by atoms with Crippen LogP contribution in [0.1, 0.15) is 76.7 Å². The maximum Gasteiger partial charge on any atom is 0.294 e. The zero-order chi connectivity index (χ0) is 24.5. The number of aryl methyl sites for hydroxylation is 1. The van der Waals surface area contributed by atoms with Crippen LogP contribution in [0.2, 0.25) is 0 Å². The van der Waals surface area contributed by atoms with Crippen molar-refractivity contribution in [3.63, 3.8) is 0 Å². The minimum absolute atomic E-state index is 0.0666. The highest BCUT2D eigenvalue weighted by Crippen LogP contribution is 2.10. The second kappa shape index (κ2) is 17.5. The molecule has 0 aromatic heterocycles. The fraction of sp³-hybridized carbons (Fsp3) is 0.760. The molecule has 32 heavy (non-hydrogen) atoms. The van der Waals surface area contributed by atoms with Crippen molar-refractivity contribution in [1.82, 2.24) is 5.32 Å². The third kappa shape index (κ3) is 19.7. The Morgan fingerprint density at radius 1 is 0.875 bits per heavy atom. The average molecular weight is 474 g/mol. The molecule has 1 atom stereocenters. The number of likely N-dealkylation sites (N-methyl/N-ethyl adjacent to an activating group) is 1. The third-order valence-electron chi connectivity index (χ3n) is 5.16. The fourth-order valence-corrected chi connectivity index (χ4v) is 3.89. The summed E-state index contributed by atoms with van der Waals surface area (Å²) in [7, 11) is 2.33. The summed E-state index contributed by atoms with van der Waals surface area (Å²) in [6, 6.07) is 5.99. The van der Waals surface area contributed by atoms with Gasteiger partial charge in [0.15, 0.2) is 0 Å². The first kappa shape index (κ1) is 31.0. The van der Waals surface area contributed by atoms with E-state index in [4.69, 9.17) is 4.55 Å². The van der Waals surface area contributed by atoms with Crippen molar-refractivity contribution < 1.29 is 22.6 Å². The molecule has 3 N–H and O–H groups in total. The first-order valence-electron chi connectivity index (χ1n) is 12.2. The zero-order valence-corrected chi connectivity index (χ0v) is 22.0. The van der Waals surface area contributed by atoms with Crippen LogP contribution in [-0.4, -0.2) is 69.4 Å². The van der Waals surface area contributed by atoms with E-state index in [-0.39, 0.29) is 11.0 Å². The topological polar surface area (TPSA) is 86.6 Å². The lowest BCUT2D eigenvalue weighted by atomic mass is 10.1. The summed E-state index contributed by atoms with van der Waals surface area (Å²) in [5.74, 6) is 0. The number of hydrogen-bond donors (Lipinski definition) is 3. The number of benzene rings is 1. The van der Waals surface area contributed by atoms with Crippen molar-refractivity contribution in [1.29, 1.82) is 0 Å². The van der Waals surface area contributed by atoms with Gasteiger partial charge < -0.3 is 14.9 Å². The second-order valence-electron chi connectivity index (χ2n) is 9.80. The lowest BCUT2D eigenvalue weighted by Gasteiger charge is -2.26. The summed E-state index contributed by atoms with van der Waals surface area (Å²) < 4.78 is 30.4. The molecule has 0 saturated carbocycles. The molecule has 1 rings (SSSR count). The zero-order valence-electron chi connectivity index (χ0n) is 21.1. The second-order valence-corrected chi connectivity index (χ2v) is 11.2. The van der Waals surface area contributed by atoms with E-state index < -0.39 is 10.1 Å². The summed E-state index contributed by atoms with van der Waals surface area (Å²) >= 11 is 0. The van der Waals surface area contributed by atoms with Gasteiger partial charge in [-0.1, -0.05) is 82.4 Å². The van der Waals surface area contributed by atoms with E-state index in [1.165, 1.54) is 76.3 Å². The summed E-state index contributed by atoms with van der Waals surface area (Å²) in [6.07, 6.45) is 13.6. The maximum atomic E-state index is 10.5. The Morgan fingerprint density at radius 3 is 1.78 bits per heavy atom. The van der Waals surface area contributed by atoms with Gasteiger partial charge in [0.05, 0.1) is 26.0 Å². The van der Waals surface area contributed by atoms with Gasteiger partial charge in [0.1, 0.15) is 12.6 Å². The van der Waals surface area contributed by atoms with Crippen molar-refractivity contribution in [2.45, 2.75) is 89.1 Å². The summed E-state index contributed by atoms with van der Waals surface area (Å²) in [4.78, 5) is -0.0666. The Hall–Kier alpha value is -0.990. The van der Waals surface area contributed by atoms with Gasteiger partial charge in [0.2, 0.25) is 0 Å². The lowest BCUT2D eigenvalue weighted by molar-refractivity contribution is -0.873. The van der Waals surface area contributed by atoms with Crippen LogP contribution in [0.25, 0.3) is 0 Å².